The van der Waals surface area contributed by atoms with Gasteiger partial charge < -0.3 is 14.9 Å². The second-order valence-electron chi connectivity index (χ2n) is 8.06. The Labute approximate surface area is 180 Å². The van der Waals surface area contributed by atoms with Crippen molar-refractivity contribution in [3.8, 4) is 0 Å². The number of carbonyl (C=O) groups is 3. The highest BCUT2D eigenvalue weighted by Crippen LogP contribution is 2.29. The van der Waals surface area contributed by atoms with E-state index in [-0.39, 0.29) is 30.5 Å². The lowest BCUT2D eigenvalue weighted by molar-refractivity contribution is -0.147. The molecule has 0 radical (unpaired) electrons. The normalized spacial score (nSPS) is 19.5. The molecule has 1 aliphatic carbocycles. The molecule has 0 amide bonds. The number of aliphatic hydroxyl groups excluding tert-OH is 1. The SMILES string of the molecule is CCCCC[C@H](O)/C=C/[C@H]1C=CC(=O)[C@@H]1CCCCCCCOC(=O)CCC(=O)O. The Kier molecular flexibility index (Phi) is 13.8. The number of allylic oxidation sites excluding steroid dienone is 3. The summed E-state index contributed by atoms with van der Waals surface area (Å²) < 4.78 is 5.00. The lowest BCUT2D eigenvalue weighted by atomic mass is 9.88. The van der Waals surface area contributed by atoms with E-state index in [9.17, 15) is 19.5 Å². The van der Waals surface area contributed by atoms with Gasteiger partial charge in [0.2, 0.25) is 0 Å². The Bertz CT molecular complexity index is 580. The van der Waals surface area contributed by atoms with Crippen molar-refractivity contribution in [1.82, 2.24) is 0 Å². The average molecular weight is 423 g/mol. The number of aliphatic carboxylic acids is 1. The topological polar surface area (TPSA) is 101 Å². The molecule has 0 spiro atoms. The molecule has 0 aliphatic heterocycles. The van der Waals surface area contributed by atoms with Crippen molar-refractivity contribution in [1.29, 1.82) is 0 Å². The molecule has 0 heterocycles. The number of carboxylic acid groups (broad SMARTS) is 1. The van der Waals surface area contributed by atoms with Gasteiger partial charge in [-0.25, -0.2) is 0 Å². The van der Waals surface area contributed by atoms with E-state index in [0.29, 0.717) is 6.61 Å². The standard InChI is InChI=1S/C24H38O6/c1-2-3-7-10-20(25)14-12-19-13-15-22(26)21(19)11-8-5-4-6-9-18-30-24(29)17-16-23(27)28/h12-15,19-21,25H,2-11,16-18H2,1H3,(H,27,28)/b14-12+/t19-,20-,21+/m0/s1. The molecule has 0 saturated heterocycles. The van der Waals surface area contributed by atoms with Gasteiger partial charge in [-0.2, -0.15) is 0 Å². The third-order valence-corrected chi connectivity index (χ3v) is 5.44. The van der Waals surface area contributed by atoms with Gasteiger partial charge in [-0.15, -0.1) is 0 Å². The van der Waals surface area contributed by atoms with Crippen LogP contribution in [0, 0.1) is 11.8 Å². The maximum atomic E-state index is 12.1. The molecule has 170 valence electrons. The molecule has 30 heavy (non-hydrogen) atoms. The van der Waals surface area contributed by atoms with Crippen LogP contribution in [0.25, 0.3) is 0 Å². The van der Waals surface area contributed by atoms with Crippen LogP contribution in [-0.4, -0.2) is 40.6 Å². The van der Waals surface area contributed by atoms with Crippen LogP contribution in [-0.2, 0) is 19.1 Å². The number of hydrogen-bond donors (Lipinski definition) is 2. The molecule has 0 fully saturated rings. The second kappa shape index (κ2) is 15.8. The van der Waals surface area contributed by atoms with E-state index in [4.69, 9.17) is 9.84 Å². The van der Waals surface area contributed by atoms with Crippen LogP contribution in [0.2, 0.25) is 0 Å². The molecule has 0 aromatic heterocycles. The summed E-state index contributed by atoms with van der Waals surface area (Å²) >= 11 is 0. The summed E-state index contributed by atoms with van der Waals surface area (Å²) in [6, 6.07) is 0. The van der Waals surface area contributed by atoms with Crippen molar-refractivity contribution in [2.45, 2.75) is 90.1 Å². The first-order valence-corrected chi connectivity index (χ1v) is 11.4. The molecule has 2 N–H and O–H groups in total. The molecular weight excluding hydrogens is 384 g/mol. The first-order chi connectivity index (χ1) is 14.4. The van der Waals surface area contributed by atoms with Crippen LogP contribution in [0.15, 0.2) is 24.3 Å². The molecule has 0 bridgehead atoms. The lowest BCUT2D eigenvalue weighted by Crippen LogP contribution is -2.15. The lowest BCUT2D eigenvalue weighted by Gasteiger charge is -2.15. The summed E-state index contributed by atoms with van der Waals surface area (Å²) in [5.74, 6) is -1.20. The summed E-state index contributed by atoms with van der Waals surface area (Å²) in [5, 5.41) is 18.6. The summed E-state index contributed by atoms with van der Waals surface area (Å²) in [6.45, 7) is 2.47. The van der Waals surface area contributed by atoms with Crippen LogP contribution in [0.1, 0.15) is 84.0 Å². The number of esters is 1. The number of carbonyl (C=O) groups excluding carboxylic acids is 2. The van der Waals surface area contributed by atoms with Crippen LogP contribution in [0.5, 0.6) is 0 Å². The molecule has 0 unspecified atom stereocenters. The van der Waals surface area contributed by atoms with Gasteiger partial charge in [-0.05, 0) is 25.3 Å². The highest BCUT2D eigenvalue weighted by Gasteiger charge is 2.27. The van der Waals surface area contributed by atoms with Gasteiger partial charge in [-0.3, -0.25) is 14.4 Å². The van der Waals surface area contributed by atoms with Crippen LogP contribution in [0.4, 0.5) is 0 Å². The Morgan fingerprint density at radius 3 is 2.57 bits per heavy atom. The van der Waals surface area contributed by atoms with E-state index in [1.54, 1.807) is 6.08 Å². The van der Waals surface area contributed by atoms with Crippen molar-refractivity contribution >= 4 is 17.7 Å². The third-order valence-electron chi connectivity index (χ3n) is 5.44. The number of ketones is 1. The van der Waals surface area contributed by atoms with E-state index < -0.39 is 18.0 Å². The summed E-state index contributed by atoms with van der Waals surface area (Å²) in [6.07, 6.45) is 16.4. The minimum Gasteiger partial charge on any atom is -0.481 e. The number of ether oxygens (including phenoxy) is 1. The molecule has 0 saturated carbocycles. The Morgan fingerprint density at radius 2 is 1.83 bits per heavy atom. The average Bonchev–Trinajstić information content (AvgIpc) is 3.06. The zero-order valence-electron chi connectivity index (χ0n) is 18.3. The highest BCUT2D eigenvalue weighted by atomic mass is 16.5. The Hall–Kier alpha value is -1.95. The van der Waals surface area contributed by atoms with Gasteiger partial charge in [0.05, 0.1) is 25.6 Å². The van der Waals surface area contributed by atoms with Crippen LogP contribution in [0.3, 0.4) is 0 Å². The Morgan fingerprint density at radius 1 is 1.10 bits per heavy atom. The number of aliphatic hydroxyl groups is 1. The maximum Gasteiger partial charge on any atom is 0.306 e. The van der Waals surface area contributed by atoms with Gasteiger partial charge in [-0.1, -0.05) is 70.1 Å². The zero-order chi connectivity index (χ0) is 22.2. The Balaban J connectivity index is 2.14. The van der Waals surface area contributed by atoms with Crippen LogP contribution < -0.4 is 0 Å². The number of carboxylic acids is 1. The largest absolute Gasteiger partial charge is 0.481 e. The van der Waals surface area contributed by atoms with Crippen molar-refractivity contribution in [2.75, 3.05) is 6.61 Å². The van der Waals surface area contributed by atoms with Crippen molar-refractivity contribution in [3.63, 3.8) is 0 Å². The monoisotopic (exact) mass is 422 g/mol. The molecule has 3 atom stereocenters. The predicted octanol–water partition coefficient (Wildman–Crippen LogP) is 4.60. The minimum atomic E-state index is -0.997. The maximum absolute atomic E-state index is 12.1. The molecule has 1 aliphatic rings. The second-order valence-corrected chi connectivity index (χ2v) is 8.06. The summed E-state index contributed by atoms with van der Waals surface area (Å²) in [4.78, 5) is 33.8. The number of hydrogen-bond acceptors (Lipinski definition) is 5. The molecule has 6 nitrogen and oxygen atoms in total. The van der Waals surface area contributed by atoms with Crippen LogP contribution >= 0.6 is 0 Å². The van der Waals surface area contributed by atoms with Crippen molar-refractivity contribution in [3.05, 3.63) is 24.3 Å². The van der Waals surface area contributed by atoms with Gasteiger partial charge in [0.1, 0.15) is 0 Å². The third kappa shape index (κ3) is 11.9. The smallest absolute Gasteiger partial charge is 0.306 e. The molecule has 1 rings (SSSR count). The van der Waals surface area contributed by atoms with E-state index in [2.05, 4.69) is 6.92 Å². The number of rotatable bonds is 17. The highest BCUT2D eigenvalue weighted by molar-refractivity contribution is 5.94. The van der Waals surface area contributed by atoms with Crippen molar-refractivity contribution < 1.29 is 29.3 Å². The van der Waals surface area contributed by atoms with E-state index in [0.717, 1.165) is 64.2 Å². The zero-order valence-corrected chi connectivity index (χ0v) is 18.3. The van der Waals surface area contributed by atoms with Gasteiger partial charge in [0.15, 0.2) is 5.78 Å². The van der Waals surface area contributed by atoms with E-state index in [1.165, 1.54) is 0 Å². The first-order valence-electron chi connectivity index (χ1n) is 11.4. The van der Waals surface area contributed by atoms with Gasteiger partial charge >= 0.3 is 11.9 Å². The van der Waals surface area contributed by atoms with Gasteiger partial charge in [0.25, 0.3) is 0 Å². The van der Waals surface area contributed by atoms with E-state index in [1.807, 2.05) is 18.2 Å². The molecule has 0 aromatic carbocycles. The minimum absolute atomic E-state index is 0.0146. The molecule has 6 heteroatoms. The van der Waals surface area contributed by atoms with E-state index >= 15 is 0 Å². The molecule has 0 aromatic rings. The summed E-state index contributed by atoms with van der Waals surface area (Å²) in [7, 11) is 0. The fourth-order valence-corrected chi connectivity index (χ4v) is 3.61. The number of unbranched alkanes of at least 4 members (excludes halogenated alkanes) is 6. The quantitative estimate of drug-likeness (QED) is 0.202. The molecular formula is C24H38O6. The first kappa shape index (κ1) is 26.1. The summed E-state index contributed by atoms with van der Waals surface area (Å²) in [5.41, 5.74) is 0. The fourth-order valence-electron chi connectivity index (χ4n) is 3.61. The van der Waals surface area contributed by atoms with Gasteiger partial charge in [0, 0.05) is 11.8 Å². The predicted molar refractivity (Wildman–Crippen MR) is 116 cm³/mol. The fraction of sp³-hybridized carbons (Fsp3) is 0.708. The van der Waals surface area contributed by atoms with Crippen molar-refractivity contribution in [2.24, 2.45) is 11.8 Å².